The van der Waals surface area contributed by atoms with Crippen LogP contribution in [0.2, 0.25) is 0 Å². The van der Waals surface area contributed by atoms with E-state index in [0.29, 0.717) is 27.9 Å². The van der Waals surface area contributed by atoms with Gasteiger partial charge < -0.3 is 9.47 Å². The predicted molar refractivity (Wildman–Crippen MR) is 110 cm³/mol. The number of para-hydroxylation sites is 2. The normalized spacial score (nSPS) is 11.3. The summed E-state index contributed by atoms with van der Waals surface area (Å²) in [4.78, 5) is -0.174. The zero-order valence-corrected chi connectivity index (χ0v) is 16.8. The molecule has 0 aromatic heterocycles. The van der Waals surface area contributed by atoms with Gasteiger partial charge in [0.05, 0.1) is 14.2 Å². The van der Waals surface area contributed by atoms with Gasteiger partial charge in [-0.05, 0) is 29.1 Å². The summed E-state index contributed by atoms with van der Waals surface area (Å²) in [5.41, 5.74) is 2.88. The highest BCUT2D eigenvalue weighted by Crippen LogP contribution is 2.41. The first kappa shape index (κ1) is 19.4. The van der Waals surface area contributed by atoms with Gasteiger partial charge in [0.2, 0.25) is 0 Å². The van der Waals surface area contributed by atoms with E-state index in [9.17, 15) is 13.0 Å². The van der Waals surface area contributed by atoms with E-state index in [1.54, 1.807) is 26.4 Å². The minimum absolute atomic E-state index is 0.174. The summed E-state index contributed by atoms with van der Waals surface area (Å²) in [6, 6.07) is 17.8. The lowest BCUT2D eigenvalue weighted by Gasteiger charge is -2.19. The van der Waals surface area contributed by atoms with Crippen LogP contribution in [0.4, 0.5) is 0 Å². The van der Waals surface area contributed by atoms with Crippen LogP contribution in [0.3, 0.4) is 0 Å². The largest absolute Gasteiger partial charge is 0.496 e. The predicted octanol–water partition coefficient (Wildman–Crippen LogP) is 3.78. The van der Waals surface area contributed by atoms with E-state index in [0.717, 1.165) is 11.1 Å². The van der Waals surface area contributed by atoms with Crippen LogP contribution in [0.25, 0.3) is 22.3 Å². The van der Waals surface area contributed by atoms with Crippen LogP contribution in [-0.4, -0.2) is 27.2 Å². The monoisotopic (exact) mass is 402 g/mol. The third-order valence-electron chi connectivity index (χ3n) is 4.26. The van der Waals surface area contributed by atoms with Crippen molar-refractivity contribution in [1.82, 2.24) is 0 Å². The van der Waals surface area contributed by atoms with Gasteiger partial charge in [0.25, 0.3) is 10.1 Å². The first-order chi connectivity index (χ1) is 12.9. The molecule has 0 aliphatic rings. The van der Waals surface area contributed by atoms with Gasteiger partial charge in [-0.15, -0.1) is 9.24 Å². The molecule has 5 nitrogen and oxygen atoms in total. The van der Waals surface area contributed by atoms with Crippen molar-refractivity contribution in [2.45, 2.75) is 4.90 Å². The molecule has 0 amide bonds. The average molecular weight is 402 g/mol. The van der Waals surface area contributed by atoms with Crippen LogP contribution in [-0.2, 0) is 10.1 Å². The smallest absolute Gasteiger partial charge is 0.295 e. The van der Waals surface area contributed by atoms with E-state index in [1.165, 1.54) is 6.07 Å². The fourth-order valence-corrected chi connectivity index (χ4v) is 4.53. The third kappa shape index (κ3) is 3.69. The van der Waals surface area contributed by atoms with Crippen LogP contribution in [0.5, 0.6) is 11.5 Å². The van der Waals surface area contributed by atoms with E-state index >= 15 is 0 Å². The molecule has 1 N–H and O–H groups in total. The standard InChI is InChI=1S/C20H19O5PS/c1-24-16-9-5-3-7-13(16)14-11-12-18(27(21,22)23)20(26)19(14)15-8-4-6-10-17(15)25-2/h3-12H,26H2,1-2H3,(H,21,22,23). The highest BCUT2D eigenvalue weighted by atomic mass is 32.2. The minimum atomic E-state index is -4.39. The Bertz CT molecular complexity index is 1090. The Morgan fingerprint density at radius 2 is 1.30 bits per heavy atom. The number of ether oxygens (including phenoxy) is 2. The molecule has 0 saturated carbocycles. The summed E-state index contributed by atoms with van der Waals surface area (Å²) < 4.78 is 44.3. The molecule has 0 aliphatic carbocycles. The number of hydrogen-bond donors (Lipinski definition) is 1. The van der Waals surface area contributed by atoms with Crippen molar-refractivity contribution in [2.24, 2.45) is 0 Å². The van der Waals surface area contributed by atoms with Crippen LogP contribution < -0.4 is 14.8 Å². The van der Waals surface area contributed by atoms with Crippen molar-refractivity contribution >= 4 is 24.7 Å². The Morgan fingerprint density at radius 3 is 1.85 bits per heavy atom. The average Bonchev–Trinajstić information content (AvgIpc) is 2.66. The van der Waals surface area contributed by atoms with Crippen LogP contribution in [0, 0.1) is 0 Å². The zero-order chi connectivity index (χ0) is 19.6. The van der Waals surface area contributed by atoms with Gasteiger partial charge >= 0.3 is 0 Å². The van der Waals surface area contributed by atoms with Crippen molar-refractivity contribution in [3.63, 3.8) is 0 Å². The van der Waals surface area contributed by atoms with E-state index in [1.807, 2.05) is 42.5 Å². The van der Waals surface area contributed by atoms with Crippen LogP contribution in [0.1, 0.15) is 0 Å². The Kier molecular flexibility index (Phi) is 5.51. The molecule has 3 aromatic rings. The van der Waals surface area contributed by atoms with Gasteiger partial charge in [-0.3, -0.25) is 4.55 Å². The molecular formula is C20H19O5PS. The van der Waals surface area contributed by atoms with Crippen molar-refractivity contribution in [1.29, 1.82) is 0 Å². The van der Waals surface area contributed by atoms with E-state index in [2.05, 4.69) is 9.24 Å². The van der Waals surface area contributed by atoms with Gasteiger partial charge in [-0.2, -0.15) is 8.42 Å². The zero-order valence-electron chi connectivity index (χ0n) is 14.8. The van der Waals surface area contributed by atoms with Crippen molar-refractivity contribution in [3.8, 4) is 33.8 Å². The molecule has 3 aromatic carbocycles. The van der Waals surface area contributed by atoms with Gasteiger partial charge in [0, 0.05) is 16.7 Å². The maximum atomic E-state index is 11.8. The number of rotatable bonds is 5. The fraction of sp³-hybridized carbons (Fsp3) is 0.100. The molecule has 0 fully saturated rings. The summed E-state index contributed by atoms with van der Waals surface area (Å²) in [6.07, 6.45) is 0. The Balaban J connectivity index is 2.44. The molecule has 0 aliphatic heterocycles. The third-order valence-corrected chi connectivity index (χ3v) is 5.98. The molecule has 0 saturated heterocycles. The molecule has 0 heterocycles. The lowest BCUT2D eigenvalue weighted by molar-refractivity contribution is 0.416. The van der Waals surface area contributed by atoms with Gasteiger partial charge in [0.1, 0.15) is 16.4 Å². The quantitative estimate of drug-likeness (QED) is 0.519. The maximum Gasteiger partial charge on any atom is 0.295 e. The summed E-state index contributed by atoms with van der Waals surface area (Å²) in [6.45, 7) is 0. The second-order valence-electron chi connectivity index (χ2n) is 5.78. The Morgan fingerprint density at radius 1 is 0.778 bits per heavy atom. The number of methoxy groups -OCH3 is 2. The molecule has 0 spiro atoms. The van der Waals surface area contributed by atoms with Crippen LogP contribution >= 0.6 is 9.24 Å². The fourth-order valence-electron chi connectivity index (χ4n) is 3.06. The summed E-state index contributed by atoms with van der Waals surface area (Å²) in [5, 5.41) is 0.352. The molecule has 1 atom stereocenters. The highest BCUT2D eigenvalue weighted by molar-refractivity contribution is 7.86. The molecule has 27 heavy (non-hydrogen) atoms. The number of benzene rings is 3. The molecular weight excluding hydrogens is 383 g/mol. The summed E-state index contributed by atoms with van der Waals surface area (Å²) in [7, 11) is 1.17. The molecule has 1 unspecified atom stereocenters. The molecule has 0 radical (unpaired) electrons. The van der Waals surface area contributed by atoms with E-state index in [4.69, 9.17) is 9.47 Å². The van der Waals surface area contributed by atoms with Gasteiger partial charge in [-0.1, -0.05) is 42.5 Å². The first-order valence-corrected chi connectivity index (χ1v) is 10.1. The second-order valence-corrected chi connectivity index (χ2v) is 7.74. The summed E-state index contributed by atoms with van der Waals surface area (Å²) >= 11 is 0. The van der Waals surface area contributed by atoms with Crippen molar-refractivity contribution < 1.29 is 22.4 Å². The van der Waals surface area contributed by atoms with Crippen molar-refractivity contribution in [2.75, 3.05) is 14.2 Å². The van der Waals surface area contributed by atoms with Gasteiger partial charge in [-0.25, -0.2) is 0 Å². The van der Waals surface area contributed by atoms with E-state index < -0.39 is 10.1 Å². The number of hydrogen-bond acceptors (Lipinski definition) is 4. The molecule has 0 bridgehead atoms. The highest BCUT2D eigenvalue weighted by Gasteiger charge is 2.23. The first-order valence-electron chi connectivity index (χ1n) is 8.05. The van der Waals surface area contributed by atoms with Crippen molar-refractivity contribution in [3.05, 3.63) is 60.7 Å². The second kappa shape index (κ2) is 7.69. The molecule has 7 heteroatoms. The molecule has 140 valence electrons. The maximum absolute atomic E-state index is 11.8. The minimum Gasteiger partial charge on any atom is -0.496 e. The summed E-state index contributed by atoms with van der Waals surface area (Å²) in [5.74, 6) is 1.24. The van der Waals surface area contributed by atoms with E-state index in [-0.39, 0.29) is 4.90 Å². The lowest BCUT2D eigenvalue weighted by atomic mass is 9.93. The van der Waals surface area contributed by atoms with Gasteiger partial charge in [0.15, 0.2) is 0 Å². The van der Waals surface area contributed by atoms with Crippen LogP contribution in [0.15, 0.2) is 65.6 Å². The molecule has 3 rings (SSSR count). The Labute approximate surface area is 160 Å². The SMILES string of the molecule is COc1ccccc1-c1ccc(S(=O)(=O)O)c(P)c1-c1ccccc1OC. The lowest BCUT2D eigenvalue weighted by Crippen LogP contribution is -2.13. The topological polar surface area (TPSA) is 72.8 Å². The Hall–Kier alpha value is -2.40.